The maximum absolute atomic E-state index is 9.72. The van der Waals surface area contributed by atoms with Gasteiger partial charge >= 0.3 is 0 Å². The van der Waals surface area contributed by atoms with Crippen molar-refractivity contribution in [2.45, 2.75) is 6.92 Å². The standard InChI is InChI=1S/C32H22N2/c1-22-14-16-23(17-15-22)27-19-18-24(26-9-3-2-8-25(26)21-33)20-32(27)34-30-12-6-4-10-28(30)29-11-5-7-13-31(29)34/h2-20H,1H3. The van der Waals surface area contributed by atoms with E-state index < -0.39 is 0 Å². The Morgan fingerprint density at radius 3 is 1.85 bits per heavy atom. The van der Waals surface area contributed by atoms with Crippen LogP contribution < -0.4 is 0 Å². The van der Waals surface area contributed by atoms with E-state index in [0.717, 1.165) is 22.4 Å². The molecule has 0 unspecified atom stereocenters. The maximum Gasteiger partial charge on any atom is 0.0998 e. The Labute approximate surface area is 199 Å². The van der Waals surface area contributed by atoms with Crippen LogP contribution >= 0.6 is 0 Å². The van der Waals surface area contributed by atoms with Crippen LogP contribution in [0.3, 0.4) is 0 Å². The Balaban J connectivity index is 1.72. The van der Waals surface area contributed by atoms with E-state index in [1.165, 1.54) is 32.9 Å². The summed E-state index contributed by atoms with van der Waals surface area (Å²) < 4.78 is 2.36. The summed E-state index contributed by atoms with van der Waals surface area (Å²) in [7, 11) is 0. The maximum atomic E-state index is 9.72. The smallest absolute Gasteiger partial charge is 0.0998 e. The molecule has 0 atom stereocenters. The number of aryl methyl sites for hydroxylation is 1. The molecular formula is C32H22N2. The molecular weight excluding hydrogens is 412 g/mol. The molecule has 0 N–H and O–H groups in total. The zero-order valence-corrected chi connectivity index (χ0v) is 18.9. The van der Waals surface area contributed by atoms with Gasteiger partial charge in [0.05, 0.1) is 28.4 Å². The second-order valence-electron chi connectivity index (χ2n) is 8.63. The van der Waals surface area contributed by atoms with Crippen LogP contribution in [0.1, 0.15) is 11.1 Å². The second-order valence-corrected chi connectivity index (χ2v) is 8.63. The number of hydrogen-bond donors (Lipinski definition) is 0. The molecule has 1 heterocycles. The first-order chi connectivity index (χ1) is 16.7. The van der Waals surface area contributed by atoms with Gasteiger partial charge in [-0.15, -0.1) is 0 Å². The van der Waals surface area contributed by atoms with Gasteiger partial charge in [0.2, 0.25) is 0 Å². The van der Waals surface area contributed by atoms with Crippen LogP contribution in [-0.2, 0) is 0 Å². The second kappa shape index (κ2) is 8.06. The van der Waals surface area contributed by atoms with Gasteiger partial charge in [0.25, 0.3) is 0 Å². The predicted molar refractivity (Wildman–Crippen MR) is 141 cm³/mol. The van der Waals surface area contributed by atoms with Crippen molar-refractivity contribution in [1.82, 2.24) is 4.57 Å². The van der Waals surface area contributed by atoms with Gasteiger partial charge in [-0.05, 0) is 47.9 Å². The highest BCUT2D eigenvalue weighted by Crippen LogP contribution is 2.38. The number of aromatic nitrogens is 1. The number of benzene rings is 5. The molecule has 6 rings (SSSR count). The zero-order valence-electron chi connectivity index (χ0n) is 18.9. The molecule has 0 bridgehead atoms. The van der Waals surface area contributed by atoms with E-state index in [1.54, 1.807) is 0 Å². The number of hydrogen-bond acceptors (Lipinski definition) is 1. The first-order valence-electron chi connectivity index (χ1n) is 11.4. The Kier molecular flexibility index (Phi) is 4.75. The minimum absolute atomic E-state index is 0.679. The molecule has 0 saturated carbocycles. The van der Waals surface area contributed by atoms with Gasteiger partial charge in [0.15, 0.2) is 0 Å². The summed E-state index contributed by atoms with van der Waals surface area (Å²) in [5, 5.41) is 12.2. The van der Waals surface area contributed by atoms with Crippen molar-refractivity contribution in [3.05, 3.63) is 126 Å². The molecule has 0 radical (unpaired) electrons. The summed E-state index contributed by atoms with van der Waals surface area (Å²) in [5.41, 5.74) is 9.66. The third-order valence-corrected chi connectivity index (χ3v) is 6.54. The topological polar surface area (TPSA) is 28.7 Å². The minimum Gasteiger partial charge on any atom is -0.309 e. The van der Waals surface area contributed by atoms with Crippen molar-refractivity contribution in [2.75, 3.05) is 0 Å². The van der Waals surface area contributed by atoms with Gasteiger partial charge < -0.3 is 4.57 Å². The molecule has 0 fully saturated rings. The van der Waals surface area contributed by atoms with Gasteiger partial charge in [0, 0.05) is 16.3 Å². The molecule has 0 aliphatic carbocycles. The monoisotopic (exact) mass is 434 g/mol. The van der Waals surface area contributed by atoms with Crippen molar-refractivity contribution in [1.29, 1.82) is 5.26 Å². The summed E-state index contributed by atoms with van der Waals surface area (Å²) in [6.07, 6.45) is 0. The molecule has 34 heavy (non-hydrogen) atoms. The lowest BCUT2D eigenvalue weighted by molar-refractivity contribution is 1.18. The predicted octanol–water partition coefficient (Wildman–Crippen LogP) is 8.30. The molecule has 0 amide bonds. The number of rotatable bonds is 3. The molecule has 2 nitrogen and oxygen atoms in total. The third-order valence-electron chi connectivity index (χ3n) is 6.54. The molecule has 0 saturated heterocycles. The van der Waals surface area contributed by atoms with E-state index in [0.29, 0.717) is 5.56 Å². The fourth-order valence-corrected chi connectivity index (χ4v) is 4.88. The van der Waals surface area contributed by atoms with Crippen LogP contribution in [0, 0.1) is 18.3 Å². The average molecular weight is 435 g/mol. The van der Waals surface area contributed by atoms with Crippen LogP contribution in [0.4, 0.5) is 0 Å². The SMILES string of the molecule is Cc1ccc(-c2ccc(-c3ccccc3C#N)cc2-n2c3ccccc3c3ccccc32)cc1. The molecule has 1 aromatic heterocycles. The summed E-state index contributed by atoms with van der Waals surface area (Å²) in [6, 6.07) is 42.5. The highest BCUT2D eigenvalue weighted by atomic mass is 15.0. The molecule has 160 valence electrons. The van der Waals surface area contributed by atoms with Crippen molar-refractivity contribution >= 4 is 21.8 Å². The van der Waals surface area contributed by atoms with E-state index in [2.05, 4.69) is 109 Å². The Morgan fingerprint density at radius 2 is 1.18 bits per heavy atom. The van der Waals surface area contributed by atoms with Gasteiger partial charge in [0.1, 0.15) is 0 Å². The van der Waals surface area contributed by atoms with Crippen molar-refractivity contribution in [3.63, 3.8) is 0 Å². The summed E-state index contributed by atoms with van der Waals surface area (Å²) in [6.45, 7) is 2.11. The van der Waals surface area contributed by atoms with E-state index in [-0.39, 0.29) is 0 Å². The number of nitrogens with zero attached hydrogens (tertiary/aromatic N) is 2. The first-order valence-corrected chi connectivity index (χ1v) is 11.4. The van der Waals surface area contributed by atoms with Crippen LogP contribution in [0.5, 0.6) is 0 Å². The molecule has 6 aromatic rings. The number of nitriles is 1. The molecule has 5 aromatic carbocycles. The first kappa shape index (κ1) is 20.0. The third kappa shape index (κ3) is 3.18. The van der Waals surface area contributed by atoms with Crippen LogP contribution in [-0.4, -0.2) is 4.57 Å². The van der Waals surface area contributed by atoms with E-state index in [4.69, 9.17) is 0 Å². The normalized spacial score (nSPS) is 11.1. The summed E-state index contributed by atoms with van der Waals surface area (Å²) in [5.74, 6) is 0. The van der Waals surface area contributed by atoms with Crippen molar-refractivity contribution in [3.8, 4) is 34.0 Å². The molecule has 0 aliphatic rings. The minimum atomic E-state index is 0.679. The number of fused-ring (bicyclic) bond motifs is 3. The zero-order chi connectivity index (χ0) is 23.1. The summed E-state index contributed by atoms with van der Waals surface area (Å²) >= 11 is 0. The lowest BCUT2D eigenvalue weighted by Crippen LogP contribution is -1.98. The largest absolute Gasteiger partial charge is 0.309 e. The summed E-state index contributed by atoms with van der Waals surface area (Å²) in [4.78, 5) is 0. The fraction of sp³-hybridized carbons (Fsp3) is 0.0312. The lowest BCUT2D eigenvalue weighted by atomic mass is 9.95. The van der Waals surface area contributed by atoms with Gasteiger partial charge in [-0.2, -0.15) is 5.26 Å². The lowest BCUT2D eigenvalue weighted by Gasteiger charge is -2.17. The van der Waals surface area contributed by atoms with E-state index in [9.17, 15) is 5.26 Å². The highest BCUT2D eigenvalue weighted by Gasteiger charge is 2.17. The van der Waals surface area contributed by atoms with Gasteiger partial charge in [-0.25, -0.2) is 0 Å². The Morgan fingerprint density at radius 1 is 0.588 bits per heavy atom. The fourth-order valence-electron chi connectivity index (χ4n) is 4.88. The molecule has 0 spiro atoms. The van der Waals surface area contributed by atoms with E-state index in [1.807, 2.05) is 24.3 Å². The van der Waals surface area contributed by atoms with Crippen LogP contribution in [0.2, 0.25) is 0 Å². The van der Waals surface area contributed by atoms with E-state index >= 15 is 0 Å². The molecule has 0 aliphatic heterocycles. The Hall–Kier alpha value is -4.61. The quantitative estimate of drug-likeness (QED) is 0.275. The van der Waals surface area contributed by atoms with Crippen LogP contribution in [0.15, 0.2) is 115 Å². The highest BCUT2D eigenvalue weighted by molar-refractivity contribution is 6.09. The Bertz CT molecular complexity index is 1660. The van der Waals surface area contributed by atoms with Crippen molar-refractivity contribution < 1.29 is 0 Å². The molecule has 2 heteroatoms. The van der Waals surface area contributed by atoms with Crippen molar-refractivity contribution in [2.24, 2.45) is 0 Å². The average Bonchev–Trinajstić information content (AvgIpc) is 3.23. The number of para-hydroxylation sites is 2. The van der Waals surface area contributed by atoms with Gasteiger partial charge in [-0.3, -0.25) is 0 Å². The van der Waals surface area contributed by atoms with Gasteiger partial charge in [-0.1, -0.05) is 96.6 Å². The van der Waals surface area contributed by atoms with Crippen LogP contribution in [0.25, 0.3) is 49.7 Å².